The second-order valence-corrected chi connectivity index (χ2v) is 8.54. The Labute approximate surface area is 185 Å². The Hall–Kier alpha value is -3.12. The van der Waals surface area contributed by atoms with E-state index in [0.717, 1.165) is 52.7 Å². The Morgan fingerprint density at radius 3 is 2.77 bits per heavy atom. The topological polar surface area (TPSA) is 66.0 Å². The van der Waals surface area contributed by atoms with Crippen LogP contribution in [0.25, 0.3) is 22.7 Å². The van der Waals surface area contributed by atoms with Gasteiger partial charge in [0.1, 0.15) is 11.6 Å². The number of aryl methyl sites for hydroxylation is 1. The molecule has 31 heavy (non-hydrogen) atoms. The third-order valence-corrected chi connectivity index (χ3v) is 6.35. The molecular weight excluding hydrogens is 412 g/mol. The first-order valence-corrected chi connectivity index (χ1v) is 10.7. The van der Waals surface area contributed by atoms with E-state index in [1.54, 1.807) is 13.3 Å². The van der Waals surface area contributed by atoms with Crippen LogP contribution in [-0.4, -0.2) is 26.9 Å². The van der Waals surface area contributed by atoms with Crippen molar-refractivity contribution in [2.45, 2.75) is 38.6 Å². The summed E-state index contributed by atoms with van der Waals surface area (Å²) in [4.78, 5) is 4.19. The molecule has 2 aromatic heterocycles. The van der Waals surface area contributed by atoms with Crippen molar-refractivity contribution >= 4 is 11.6 Å². The maximum atomic E-state index is 6.29. The van der Waals surface area contributed by atoms with Crippen LogP contribution in [0.1, 0.15) is 37.0 Å². The van der Waals surface area contributed by atoms with E-state index in [9.17, 15) is 0 Å². The molecule has 0 spiro atoms. The van der Waals surface area contributed by atoms with Gasteiger partial charge < -0.3 is 13.7 Å². The van der Waals surface area contributed by atoms with Crippen molar-refractivity contribution in [3.63, 3.8) is 0 Å². The zero-order chi connectivity index (χ0) is 21.6. The minimum Gasteiger partial charge on any atom is -0.496 e. The third kappa shape index (κ3) is 3.31. The maximum Gasteiger partial charge on any atom is 0.191 e. The van der Waals surface area contributed by atoms with E-state index in [1.165, 1.54) is 0 Å². The van der Waals surface area contributed by atoms with Gasteiger partial charge in [0.2, 0.25) is 0 Å². The van der Waals surface area contributed by atoms with E-state index in [1.807, 2.05) is 43.3 Å². The molecule has 1 aliphatic heterocycles. The van der Waals surface area contributed by atoms with Gasteiger partial charge in [-0.2, -0.15) is 0 Å². The summed E-state index contributed by atoms with van der Waals surface area (Å²) in [6.07, 6.45) is 3.74. The number of benzene rings is 2. The molecule has 0 radical (unpaired) electrons. The first-order chi connectivity index (χ1) is 15.0. The summed E-state index contributed by atoms with van der Waals surface area (Å²) in [6, 6.07) is 14.0. The highest BCUT2D eigenvalue weighted by atomic mass is 35.5. The van der Waals surface area contributed by atoms with Gasteiger partial charge in [-0.05, 0) is 49.6 Å². The van der Waals surface area contributed by atoms with Gasteiger partial charge in [0.05, 0.1) is 24.3 Å². The summed E-state index contributed by atoms with van der Waals surface area (Å²) in [6.45, 7) is 4.92. The summed E-state index contributed by atoms with van der Waals surface area (Å²) in [5, 5.41) is 9.95. The molecule has 0 fully saturated rings. The standard InChI is InChI=1S/C24H23ClN4O2/c1-15-26-14-21(31-15)19-9-8-16(12-20(19)30-3)22-27-28-23-24(2,10-5-11-29(22)23)17-6-4-7-18(25)13-17/h4,6-9,12-14H,5,10-11H2,1-3H3. The van der Waals surface area contributed by atoms with Crippen LogP contribution in [0.3, 0.4) is 0 Å². The van der Waals surface area contributed by atoms with Crippen LogP contribution < -0.4 is 4.74 Å². The number of aromatic nitrogens is 4. The van der Waals surface area contributed by atoms with E-state index in [2.05, 4.69) is 32.7 Å². The number of methoxy groups -OCH3 is 1. The SMILES string of the molecule is COc1cc(-c2nnc3n2CCCC3(C)c2cccc(Cl)c2)ccc1-c1cnc(C)o1. The summed E-state index contributed by atoms with van der Waals surface area (Å²) < 4.78 is 13.6. The fraction of sp³-hybridized carbons (Fsp3) is 0.292. The predicted octanol–water partition coefficient (Wildman–Crippen LogP) is 5.67. The van der Waals surface area contributed by atoms with Gasteiger partial charge in [-0.1, -0.05) is 29.8 Å². The molecule has 1 atom stereocenters. The van der Waals surface area contributed by atoms with Crippen LogP contribution in [0.5, 0.6) is 5.75 Å². The molecule has 158 valence electrons. The number of hydrogen-bond acceptors (Lipinski definition) is 5. The molecule has 0 saturated carbocycles. The van der Waals surface area contributed by atoms with E-state index >= 15 is 0 Å². The number of hydrogen-bond donors (Lipinski definition) is 0. The Morgan fingerprint density at radius 1 is 1.16 bits per heavy atom. The number of rotatable bonds is 4. The lowest BCUT2D eigenvalue weighted by atomic mass is 9.76. The summed E-state index contributed by atoms with van der Waals surface area (Å²) in [5.41, 5.74) is 2.73. The van der Waals surface area contributed by atoms with Crippen LogP contribution in [0, 0.1) is 6.92 Å². The maximum absolute atomic E-state index is 6.29. The molecule has 0 amide bonds. The van der Waals surface area contributed by atoms with Crippen molar-refractivity contribution in [3.8, 4) is 28.5 Å². The average molecular weight is 435 g/mol. The van der Waals surface area contributed by atoms with Crippen LogP contribution in [0.15, 0.2) is 53.1 Å². The van der Waals surface area contributed by atoms with E-state index < -0.39 is 0 Å². The van der Waals surface area contributed by atoms with Gasteiger partial charge in [-0.25, -0.2) is 4.98 Å². The van der Waals surface area contributed by atoms with Gasteiger partial charge in [-0.15, -0.1) is 10.2 Å². The second kappa shape index (κ2) is 7.54. The fourth-order valence-corrected chi connectivity index (χ4v) is 4.65. The number of nitrogens with zero attached hydrogens (tertiary/aromatic N) is 4. The zero-order valence-corrected chi connectivity index (χ0v) is 18.5. The first kappa shape index (κ1) is 19.8. The summed E-state index contributed by atoms with van der Waals surface area (Å²) in [5.74, 6) is 3.80. The Bertz CT molecular complexity index is 1260. The highest BCUT2D eigenvalue weighted by molar-refractivity contribution is 6.30. The highest BCUT2D eigenvalue weighted by Gasteiger charge is 2.38. The minimum atomic E-state index is -0.240. The highest BCUT2D eigenvalue weighted by Crippen LogP contribution is 2.42. The lowest BCUT2D eigenvalue weighted by molar-refractivity contribution is 0.378. The second-order valence-electron chi connectivity index (χ2n) is 8.10. The molecule has 0 bridgehead atoms. The van der Waals surface area contributed by atoms with Crippen molar-refractivity contribution in [1.82, 2.24) is 19.7 Å². The van der Waals surface area contributed by atoms with Gasteiger partial charge in [0.15, 0.2) is 17.5 Å². The quantitative estimate of drug-likeness (QED) is 0.414. The van der Waals surface area contributed by atoms with Gasteiger partial charge in [0, 0.05) is 24.1 Å². The molecule has 0 N–H and O–H groups in total. The lowest BCUT2D eigenvalue weighted by Crippen LogP contribution is -2.32. The van der Waals surface area contributed by atoms with Crippen molar-refractivity contribution < 1.29 is 9.15 Å². The molecule has 3 heterocycles. The van der Waals surface area contributed by atoms with Crippen molar-refractivity contribution in [1.29, 1.82) is 0 Å². The van der Waals surface area contributed by atoms with Crippen LogP contribution in [0.2, 0.25) is 5.02 Å². The normalized spacial score (nSPS) is 18.1. The molecule has 2 aromatic carbocycles. The lowest BCUT2D eigenvalue weighted by Gasteiger charge is -2.34. The van der Waals surface area contributed by atoms with Gasteiger partial charge in [0.25, 0.3) is 0 Å². The summed E-state index contributed by atoms with van der Waals surface area (Å²) in [7, 11) is 1.65. The Morgan fingerprint density at radius 2 is 2.03 bits per heavy atom. The number of fused-ring (bicyclic) bond motifs is 1. The van der Waals surface area contributed by atoms with Crippen molar-refractivity contribution in [3.05, 3.63) is 71.0 Å². The Balaban J connectivity index is 1.58. The molecule has 0 saturated heterocycles. The van der Waals surface area contributed by atoms with Crippen molar-refractivity contribution in [2.75, 3.05) is 7.11 Å². The number of halogens is 1. The molecule has 1 unspecified atom stereocenters. The summed E-state index contributed by atoms with van der Waals surface area (Å²) >= 11 is 6.29. The van der Waals surface area contributed by atoms with Crippen molar-refractivity contribution in [2.24, 2.45) is 0 Å². The zero-order valence-electron chi connectivity index (χ0n) is 17.7. The van der Waals surface area contributed by atoms with Gasteiger partial charge in [-0.3, -0.25) is 0 Å². The molecule has 0 aliphatic carbocycles. The van der Waals surface area contributed by atoms with Crippen LogP contribution >= 0.6 is 11.6 Å². The van der Waals surface area contributed by atoms with Crippen LogP contribution in [-0.2, 0) is 12.0 Å². The minimum absolute atomic E-state index is 0.240. The average Bonchev–Trinajstić information content (AvgIpc) is 3.40. The van der Waals surface area contributed by atoms with Crippen LogP contribution in [0.4, 0.5) is 0 Å². The number of oxazole rings is 1. The first-order valence-electron chi connectivity index (χ1n) is 10.3. The third-order valence-electron chi connectivity index (χ3n) is 6.11. The van der Waals surface area contributed by atoms with E-state index in [4.69, 9.17) is 20.8 Å². The fourth-order valence-electron chi connectivity index (χ4n) is 4.46. The monoisotopic (exact) mass is 434 g/mol. The smallest absolute Gasteiger partial charge is 0.191 e. The molecular formula is C24H23ClN4O2. The van der Waals surface area contributed by atoms with E-state index in [-0.39, 0.29) is 5.41 Å². The predicted molar refractivity (Wildman–Crippen MR) is 119 cm³/mol. The van der Waals surface area contributed by atoms with E-state index in [0.29, 0.717) is 17.4 Å². The van der Waals surface area contributed by atoms with Gasteiger partial charge >= 0.3 is 0 Å². The number of ether oxygens (including phenoxy) is 1. The molecule has 6 nitrogen and oxygen atoms in total. The molecule has 5 rings (SSSR count). The molecule has 1 aliphatic rings. The Kier molecular flexibility index (Phi) is 4.82. The largest absolute Gasteiger partial charge is 0.496 e. The molecule has 7 heteroatoms. The molecule has 4 aromatic rings.